The fraction of sp³-hybridized carbons (Fsp3) is 1.00. The van der Waals surface area contributed by atoms with Crippen LogP contribution in [0.3, 0.4) is 0 Å². The van der Waals surface area contributed by atoms with E-state index >= 15 is 0 Å². The van der Waals surface area contributed by atoms with Gasteiger partial charge in [-0.1, -0.05) is 13.8 Å². The molecular formula is C10H20ClNO2S. The van der Waals surface area contributed by atoms with E-state index < -0.39 is 10.0 Å². The van der Waals surface area contributed by atoms with Crippen molar-refractivity contribution >= 4 is 21.6 Å². The van der Waals surface area contributed by atoms with Gasteiger partial charge < -0.3 is 0 Å². The molecule has 1 aliphatic carbocycles. The highest BCUT2D eigenvalue weighted by Gasteiger charge is 2.23. The van der Waals surface area contributed by atoms with Gasteiger partial charge in [0, 0.05) is 11.4 Å². The zero-order valence-corrected chi connectivity index (χ0v) is 10.9. The van der Waals surface area contributed by atoms with Gasteiger partial charge in [0.05, 0.1) is 5.75 Å². The van der Waals surface area contributed by atoms with Crippen LogP contribution >= 0.6 is 11.6 Å². The molecule has 1 N–H and O–H groups in total. The van der Waals surface area contributed by atoms with Gasteiger partial charge in [-0.05, 0) is 31.6 Å². The first-order chi connectivity index (χ1) is 6.89. The van der Waals surface area contributed by atoms with E-state index in [4.69, 9.17) is 11.6 Å². The first kappa shape index (κ1) is 13.3. The van der Waals surface area contributed by atoms with Crippen LogP contribution in [0.25, 0.3) is 0 Å². The van der Waals surface area contributed by atoms with Crippen molar-refractivity contribution in [2.75, 3.05) is 5.75 Å². The van der Waals surface area contributed by atoms with Crippen molar-refractivity contribution in [2.24, 2.45) is 5.92 Å². The minimum absolute atomic E-state index is 0.101. The lowest BCUT2D eigenvalue weighted by molar-refractivity contribution is 0.415. The highest BCUT2D eigenvalue weighted by molar-refractivity contribution is 7.89. The third-order valence-corrected chi connectivity index (χ3v) is 4.79. The molecule has 1 fully saturated rings. The Balaban J connectivity index is 2.41. The summed E-state index contributed by atoms with van der Waals surface area (Å²) in [6.07, 6.45) is 3.56. The fourth-order valence-electron chi connectivity index (χ4n) is 1.91. The summed E-state index contributed by atoms with van der Waals surface area (Å²) < 4.78 is 26.1. The number of nitrogens with one attached hydrogen (secondary N) is 1. The molecule has 1 aliphatic rings. The first-order valence-corrected chi connectivity index (χ1v) is 7.62. The molecule has 0 aromatic carbocycles. The van der Waals surface area contributed by atoms with Gasteiger partial charge in [0.2, 0.25) is 10.0 Å². The molecule has 0 aliphatic heterocycles. The molecule has 0 amide bonds. The molecule has 0 unspecified atom stereocenters. The molecule has 0 radical (unpaired) electrons. The van der Waals surface area contributed by atoms with E-state index in [1.54, 1.807) is 0 Å². The molecule has 5 heteroatoms. The lowest BCUT2D eigenvalue weighted by Gasteiger charge is -2.25. The second kappa shape index (κ2) is 5.51. The summed E-state index contributed by atoms with van der Waals surface area (Å²) in [7, 11) is -3.09. The molecule has 0 saturated heterocycles. The number of rotatable bonds is 4. The van der Waals surface area contributed by atoms with Gasteiger partial charge in [0.25, 0.3) is 0 Å². The zero-order valence-electron chi connectivity index (χ0n) is 9.37. The van der Waals surface area contributed by atoms with Gasteiger partial charge >= 0.3 is 0 Å². The van der Waals surface area contributed by atoms with Crippen molar-refractivity contribution in [1.29, 1.82) is 0 Å². The van der Waals surface area contributed by atoms with E-state index in [-0.39, 0.29) is 23.1 Å². The molecule has 0 spiro atoms. The average molecular weight is 254 g/mol. The summed E-state index contributed by atoms with van der Waals surface area (Å²) in [5, 5.41) is 0.232. The largest absolute Gasteiger partial charge is 0.212 e. The van der Waals surface area contributed by atoms with Crippen molar-refractivity contribution in [3.8, 4) is 0 Å². The van der Waals surface area contributed by atoms with Crippen LogP contribution in [-0.2, 0) is 10.0 Å². The van der Waals surface area contributed by atoms with Crippen LogP contribution in [0.5, 0.6) is 0 Å². The molecule has 0 atom stereocenters. The SMILES string of the molecule is CC(C)CS(=O)(=O)NC1CCC(Cl)CC1. The standard InChI is InChI=1S/C10H20ClNO2S/c1-8(2)7-15(13,14)12-10-5-3-9(11)4-6-10/h8-10,12H,3-7H2,1-2H3. The van der Waals surface area contributed by atoms with Gasteiger partial charge in [0.15, 0.2) is 0 Å². The van der Waals surface area contributed by atoms with E-state index in [1.165, 1.54) is 0 Å². The van der Waals surface area contributed by atoms with Crippen LogP contribution in [0, 0.1) is 5.92 Å². The number of alkyl halides is 1. The second-order valence-corrected chi connectivity index (χ2v) is 7.16. The number of halogens is 1. The maximum atomic E-state index is 11.6. The molecule has 1 saturated carbocycles. The Morgan fingerprint density at radius 1 is 1.27 bits per heavy atom. The third-order valence-electron chi connectivity index (χ3n) is 2.56. The van der Waals surface area contributed by atoms with Crippen molar-refractivity contribution in [1.82, 2.24) is 4.72 Å². The van der Waals surface area contributed by atoms with Crippen LogP contribution in [0.4, 0.5) is 0 Å². The van der Waals surface area contributed by atoms with Crippen LogP contribution in [0.15, 0.2) is 0 Å². The molecule has 0 aromatic rings. The van der Waals surface area contributed by atoms with Gasteiger partial charge in [-0.25, -0.2) is 13.1 Å². The minimum atomic E-state index is -3.09. The fourth-order valence-corrected chi connectivity index (χ4v) is 3.88. The summed E-state index contributed by atoms with van der Waals surface area (Å²) in [6.45, 7) is 3.82. The highest BCUT2D eigenvalue weighted by atomic mass is 35.5. The molecule has 1 rings (SSSR count). The number of hydrogen-bond donors (Lipinski definition) is 1. The Kier molecular flexibility index (Phi) is 4.87. The van der Waals surface area contributed by atoms with E-state index in [1.807, 2.05) is 13.8 Å². The van der Waals surface area contributed by atoms with Crippen LogP contribution in [0.1, 0.15) is 39.5 Å². The van der Waals surface area contributed by atoms with Crippen molar-refractivity contribution in [3.05, 3.63) is 0 Å². The van der Waals surface area contributed by atoms with Gasteiger partial charge in [-0.15, -0.1) is 11.6 Å². The van der Waals surface area contributed by atoms with Gasteiger partial charge in [-0.3, -0.25) is 0 Å². The highest BCUT2D eigenvalue weighted by Crippen LogP contribution is 2.23. The molecule has 0 aromatic heterocycles. The maximum Gasteiger partial charge on any atom is 0.212 e. The molecular weight excluding hydrogens is 234 g/mol. The first-order valence-electron chi connectivity index (χ1n) is 5.53. The van der Waals surface area contributed by atoms with Crippen molar-refractivity contribution < 1.29 is 8.42 Å². The lowest BCUT2D eigenvalue weighted by atomic mass is 9.96. The van der Waals surface area contributed by atoms with Crippen LogP contribution in [0.2, 0.25) is 0 Å². The predicted octanol–water partition coefficient (Wildman–Crippen LogP) is 2.11. The summed E-state index contributed by atoms with van der Waals surface area (Å²) in [4.78, 5) is 0. The Hall–Kier alpha value is 0.200. The zero-order chi connectivity index (χ0) is 11.5. The summed E-state index contributed by atoms with van der Waals surface area (Å²) in [6, 6.07) is 0.101. The molecule has 0 heterocycles. The molecule has 3 nitrogen and oxygen atoms in total. The monoisotopic (exact) mass is 253 g/mol. The Bertz CT molecular complexity index is 282. The summed E-state index contributed by atoms with van der Waals surface area (Å²) in [5.74, 6) is 0.389. The topological polar surface area (TPSA) is 46.2 Å². The number of sulfonamides is 1. The van der Waals surface area contributed by atoms with E-state index in [2.05, 4.69) is 4.72 Å². The Labute approximate surface area is 97.6 Å². The third kappa shape index (κ3) is 5.18. The quantitative estimate of drug-likeness (QED) is 0.780. The predicted molar refractivity (Wildman–Crippen MR) is 63.7 cm³/mol. The summed E-state index contributed by atoms with van der Waals surface area (Å²) in [5.41, 5.74) is 0. The van der Waals surface area contributed by atoms with E-state index in [0.717, 1.165) is 25.7 Å². The van der Waals surface area contributed by atoms with Gasteiger partial charge in [-0.2, -0.15) is 0 Å². The van der Waals surface area contributed by atoms with Crippen LogP contribution < -0.4 is 4.72 Å². The smallest absolute Gasteiger partial charge is 0.212 e. The van der Waals surface area contributed by atoms with Crippen molar-refractivity contribution in [2.45, 2.75) is 50.9 Å². The average Bonchev–Trinajstić information content (AvgIpc) is 2.06. The number of hydrogen-bond acceptors (Lipinski definition) is 2. The lowest BCUT2D eigenvalue weighted by Crippen LogP contribution is -2.39. The van der Waals surface area contributed by atoms with Crippen LogP contribution in [-0.4, -0.2) is 25.6 Å². The molecule has 15 heavy (non-hydrogen) atoms. The minimum Gasteiger partial charge on any atom is -0.212 e. The molecule has 0 bridgehead atoms. The summed E-state index contributed by atoms with van der Waals surface area (Å²) >= 11 is 5.96. The molecule has 90 valence electrons. The Morgan fingerprint density at radius 3 is 2.27 bits per heavy atom. The normalized spacial score (nSPS) is 28.3. The van der Waals surface area contributed by atoms with Gasteiger partial charge in [0.1, 0.15) is 0 Å². The van der Waals surface area contributed by atoms with E-state index in [9.17, 15) is 8.42 Å². The Morgan fingerprint density at radius 2 is 1.80 bits per heavy atom. The maximum absolute atomic E-state index is 11.6. The van der Waals surface area contributed by atoms with E-state index in [0.29, 0.717) is 0 Å². The second-order valence-electron chi connectivity index (χ2n) is 4.74. The van der Waals surface area contributed by atoms with Crippen molar-refractivity contribution in [3.63, 3.8) is 0 Å².